The first-order chi connectivity index (χ1) is 7.99. The van der Waals surface area contributed by atoms with Crippen molar-refractivity contribution in [3.8, 4) is 11.5 Å². The van der Waals surface area contributed by atoms with Crippen molar-refractivity contribution >= 4 is 17.3 Å². The highest BCUT2D eigenvalue weighted by Crippen LogP contribution is 2.33. The van der Waals surface area contributed by atoms with E-state index in [9.17, 15) is 0 Å². The van der Waals surface area contributed by atoms with Crippen LogP contribution in [-0.2, 0) is 7.05 Å². The monoisotopic (exact) mass is 251 g/mol. The van der Waals surface area contributed by atoms with Crippen LogP contribution in [0.25, 0.3) is 0 Å². The van der Waals surface area contributed by atoms with E-state index in [1.165, 1.54) is 0 Å². The molecule has 1 heterocycles. The highest BCUT2D eigenvalue weighted by atomic mass is 35.5. The standard InChI is InChI=1S/C12H14ClN3O/c1-7-12(8(2)16(3)15-7)17-11-6-9(13)4-5-10(11)14/h4-6H,14H2,1-3H3. The molecule has 0 amide bonds. The van der Waals surface area contributed by atoms with Gasteiger partial charge in [-0.2, -0.15) is 5.10 Å². The molecule has 1 aromatic carbocycles. The lowest BCUT2D eigenvalue weighted by atomic mass is 10.3. The number of rotatable bonds is 2. The summed E-state index contributed by atoms with van der Waals surface area (Å²) < 4.78 is 7.55. The van der Waals surface area contributed by atoms with Crippen molar-refractivity contribution < 1.29 is 4.74 Å². The number of nitrogens with zero attached hydrogens (tertiary/aromatic N) is 2. The highest BCUT2D eigenvalue weighted by Gasteiger charge is 2.13. The van der Waals surface area contributed by atoms with Crippen LogP contribution in [0.3, 0.4) is 0 Å². The molecule has 0 bridgehead atoms. The Morgan fingerprint density at radius 3 is 2.65 bits per heavy atom. The molecule has 17 heavy (non-hydrogen) atoms. The number of nitrogens with two attached hydrogens (primary N) is 1. The summed E-state index contributed by atoms with van der Waals surface area (Å²) in [5.74, 6) is 1.28. The van der Waals surface area contributed by atoms with E-state index in [1.54, 1.807) is 22.9 Å². The Labute approximate surface area is 105 Å². The summed E-state index contributed by atoms with van der Waals surface area (Å²) in [5.41, 5.74) is 8.16. The average Bonchev–Trinajstić information content (AvgIpc) is 2.50. The number of hydrogen-bond donors (Lipinski definition) is 1. The number of aromatic nitrogens is 2. The third-order valence-corrected chi connectivity index (χ3v) is 2.87. The van der Waals surface area contributed by atoms with E-state index in [0.29, 0.717) is 16.5 Å². The topological polar surface area (TPSA) is 53.1 Å². The maximum atomic E-state index is 5.91. The van der Waals surface area contributed by atoms with Crippen molar-refractivity contribution in [3.05, 3.63) is 34.6 Å². The predicted molar refractivity (Wildman–Crippen MR) is 68.6 cm³/mol. The second kappa shape index (κ2) is 4.30. The fourth-order valence-corrected chi connectivity index (χ4v) is 1.77. The maximum Gasteiger partial charge on any atom is 0.171 e. The molecule has 0 atom stereocenters. The molecule has 90 valence electrons. The van der Waals surface area contributed by atoms with Crippen LogP contribution in [0.1, 0.15) is 11.4 Å². The second-order valence-corrected chi connectivity index (χ2v) is 4.34. The van der Waals surface area contributed by atoms with Crippen LogP contribution >= 0.6 is 11.6 Å². The van der Waals surface area contributed by atoms with E-state index in [-0.39, 0.29) is 0 Å². The molecule has 5 heteroatoms. The zero-order valence-corrected chi connectivity index (χ0v) is 10.7. The van der Waals surface area contributed by atoms with E-state index in [1.807, 2.05) is 20.9 Å². The molecule has 4 nitrogen and oxygen atoms in total. The Kier molecular flexibility index (Phi) is 2.98. The molecule has 0 saturated carbocycles. The van der Waals surface area contributed by atoms with Crippen molar-refractivity contribution in [3.63, 3.8) is 0 Å². The Morgan fingerprint density at radius 2 is 2.06 bits per heavy atom. The smallest absolute Gasteiger partial charge is 0.171 e. The van der Waals surface area contributed by atoms with Gasteiger partial charge >= 0.3 is 0 Å². The molecule has 2 rings (SSSR count). The average molecular weight is 252 g/mol. The minimum Gasteiger partial charge on any atom is -0.451 e. The van der Waals surface area contributed by atoms with Crippen molar-refractivity contribution in [1.29, 1.82) is 0 Å². The van der Waals surface area contributed by atoms with Crippen molar-refractivity contribution in [2.45, 2.75) is 13.8 Å². The number of nitrogen functional groups attached to an aromatic ring is 1. The summed E-state index contributed by atoms with van der Waals surface area (Å²) in [7, 11) is 1.87. The number of benzene rings is 1. The normalized spacial score (nSPS) is 10.6. The van der Waals surface area contributed by atoms with E-state index in [4.69, 9.17) is 22.1 Å². The van der Waals surface area contributed by atoms with Crippen LogP contribution in [0.2, 0.25) is 5.02 Å². The van der Waals surface area contributed by atoms with Gasteiger partial charge in [-0.05, 0) is 26.0 Å². The molecule has 0 saturated heterocycles. The van der Waals surface area contributed by atoms with Gasteiger partial charge in [-0.15, -0.1) is 0 Å². The second-order valence-electron chi connectivity index (χ2n) is 3.91. The van der Waals surface area contributed by atoms with Gasteiger partial charge in [0.2, 0.25) is 0 Å². The van der Waals surface area contributed by atoms with Gasteiger partial charge in [-0.25, -0.2) is 0 Å². The maximum absolute atomic E-state index is 5.91. The molecule has 0 unspecified atom stereocenters. The zero-order valence-electron chi connectivity index (χ0n) is 9.99. The fourth-order valence-electron chi connectivity index (χ4n) is 1.61. The van der Waals surface area contributed by atoms with Gasteiger partial charge < -0.3 is 10.5 Å². The van der Waals surface area contributed by atoms with E-state index in [0.717, 1.165) is 17.1 Å². The number of halogens is 1. The van der Waals surface area contributed by atoms with Crippen molar-refractivity contribution in [2.24, 2.45) is 7.05 Å². The molecular formula is C12H14ClN3O. The molecule has 0 aliphatic rings. The number of ether oxygens (including phenoxy) is 1. The molecule has 0 fully saturated rings. The Morgan fingerprint density at radius 1 is 1.35 bits per heavy atom. The van der Waals surface area contributed by atoms with Crippen molar-refractivity contribution in [1.82, 2.24) is 9.78 Å². The molecule has 0 aliphatic carbocycles. The Balaban J connectivity index is 2.41. The number of hydrogen-bond acceptors (Lipinski definition) is 3. The molecule has 1 aromatic heterocycles. The largest absolute Gasteiger partial charge is 0.451 e. The lowest BCUT2D eigenvalue weighted by Gasteiger charge is -2.09. The summed E-state index contributed by atoms with van der Waals surface area (Å²) in [6.07, 6.45) is 0. The van der Waals surface area contributed by atoms with Gasteiger partial charge in [-0.3, -0.25) is 4.68 Å². The van der Waals surface area contributed by atoms with E-state index >= 15 is 0 Å². The van der Waals surface area contributed by atoms with Crippen LogP contribution < -0.4 is 10.5 Å². The van der Waals surface area contributed by atoms with Crippen LogP contribution in [0.15, 0.2) is 18.2 Å². The SMILES string of the molecule is Cc1nn(C)c(C)c1Oc1cc(Cl)ccc1N. The van der Waals surface area contributed by atoms with Crippen LogP contribution in [-0.4, -0.2) is 9.78 Å². The lowest BCUT2D eigenvalue weighted by molar-refractivity contribution is 0.476. The van der Waals surface area contributed by atoms with Crippen LogP contribution in [0, 0.1) is 13.8 Å². The van der Waals surface area contributed by atoms with Gasteiger partial charge in [0, 0.05) is 18.1 Å². The van der Waals surface area contributed by atoms with Gasteiger partial charge in [0.15, 0.2) is 11.5 Å². The van der Waals surface area contributed by atoms with Gasteiger partial charge in [-0.1, -0.05) is 11.6 Å². The summed E-state index contributed by atoms with van der Waals surface area (Å²) in [5, 5.41) is 4.87. The minimum absolute atomic E-state index is 0.553. The molecule has 0 radical (unpaired) electrons. The molecule has 0 spiro atoms. The molecular weight excluding hydrogens is 238 g/mol. The molecule has 2 aromatic rings. The lowest BCUT2D eigenvalue weighted by Crippen LogP contribution is -1.95. The molecule has 2 N–H and O–H groups in total. The zero-order chi connectivity index (χ0) is 12.6. The Bertz CT molecular complexity index is 563. The first kappa shape index (κ1) is 11.8. The van der Waals surface area contributed by atoms with E-state index < -0.39 is 0 Å². The van der Waals surface area contributed by atoms with E-state index in [2.05, 4.69) is 5.10 Å². The Hall–Kier alpha value is -1.68. The third-order valence-electron chi connectivity index (χ3n) is 2.63. The number of aryl methyl sites for hydroxylation is 2. The summed E-state index contributed by atoms with van der Waals surface area (Å²) in [4.78, 5) is 0. The predicted octanol–water partition coefficient (Wildman–Crippen LogP) is 3.06. The first-order valence-electron chi connectivity index (χ1n) is 5.22. The van der Waals surface area contributed by atoms with Crippen molar-refractivity contribution in [2.75, 3.05) is 5.73 Å². The quantitative estimate of drug-likeness (QED) is 0.835. The first-order valence-corrected chi connectivity index (χ1v) is 5.60. The summed E-state index contributed by atoms with van der Waals surface area (Å²) in [6, 6.07) is 5.15. The number of anilines is 1. The molecule has 0 aliphatic heterocycles. The highest BCUT2D eigenvalue weighted by molar-refractivity contribution is 6.30. The van der Waals surface area contributed by atoms with Crippen LogP contribution in [0.4, 0.5) is 5.69 Å². The minimum atomic E-state index is 0.553. The van der Waals surface area contributed by atoms with Gasteiger partial charge in [0.1, 0.15) is 5.69 Å². The summed E-state index contributed by atoms with van der Waals surface area (Å²) in [6.45, 7) is 3.83. The third kappa shape index (κ3) is 2.22. The summed E-state index contributed by atoms with van der Waals surface area (Å²) >= 11 is 5.91. The van der Waals surface area contributed by atoms with Crippen LogP contribution in [0.5, 0.6) is 11.5 Å². The van der Waals surface area contributed by atoms with Gasteiger partial charge in [0.25, 0.3) is 0 Å². The van der Waals surface area contributed by atoms with Gasteiger partial charge in [0.05, 0.1) is 11.4 Å². The fraction of sp³-hybridized carbons (Fsp3) is 0.250.